The highest BCUT2D eigenvalue weighted by molar-refractivity contribution is 6.08. The van der Waals surface area contributed by atoms with E-state index in [1.807, 2.05) is 23.1 Å². The van der Waals surface area contributed by atoms with Crippen molar-refractivity contribution in [3.8, 4) is 0 Å². The lowest BCUT2D eigenvalue weighted by atomic mass is 10.1. The molecule has 5 heteroatoms. The molecule has 2 amide bonds. The second-order valence-electron chi connectivity index (χ2n) is 6.84. The number of rotatable bonds is 2. The smallest absolute Gasteiger partial charge is 0.258 e. The minimum Gasteiger partial charge on any atom is -0.378 e. The van der Waals surface area contributed by atoms with Crippen molar-refractivity contribution in [3.05, 3.63) is 65.2 Å². The van der Waals surface area contributed by atoms with Gasteiger partial charge in [0.1, 0.15) is 0 Å². The van der Waals surface area contributed by atoms with Crippen molar-refractivity contribution in [3.63, 3.8) is 0 Å². The highest BCUT2D eigenvalue weighted by Crippen LogP contribution is 2.33. The first kappa shape index (κ1) is 16.8. The minimum absolute atomic E-state index is 0.00724. The molecule has 5 nitrogen and oxygen atoms in total. The molecule has 0 radical (unpaired) electrons. The number of hydrogen-bond acceptors (Lipinski definition) is 3. The number of benzene rings is 2. The van der Waals surface area contributed by atoms with Crippen molar-refractivity contribution < 1.29 is 14.3 Å². The molecule has 1 saturated heterocycles. The first-order valence-electron chi connectivity index (χ1n) is 9.03. The van der Waals surface area contributed by atoms with E-state index in [0.717, 1.165) is 12.1 Å². The Hall–Kier alpha value is -2.66. The number of nitrogens with zero attached hydrogens (tertiary/aromatic N) is 2. The van der Waals surface area contributed by atoms with Gasteiger partial charge in [-0.05, 0) is 49.2 Å². The summed E-state index contributed by atoms with van der Waals surface area (Å²) in [5.74, 6) is -0.0278. The van der Waals surface area contributed by atoms with Gasteiger partial charge in [-0.15, -0.1) is 0 Å². The molecule has 2 aromatic carbocycles. The molecule has 2 aromatic rings. The maximum absolute atomic E-state index is 13.0. The van der Waals surface area contributed by atoms with Gasteiger partial charge in [0, 0.05) is 35.9 Å². The Morgan fingerprint density at radius 1 is 0.923 bits per heavy atom. The molecule has 1 atom stereocenters. The summed E-state index contributed by atoms with van der Waals surface area (Å²) in [4.78, 5) is 29.2. The summed E-state index contributed by atoms with van der Waals surface area (Å²) >= 11 is 0. The number of amides is 2. The molecule has 0 N–H and O–H groups in total. The first-order chi connectivity index (χ1) is 12.6. The average Bonchev–Trinajstić information content (AvgIpc) is 3.03. The third kappa shape index (κ3) is 2.99. The topological polar surface area (TPSA) is 49.9 Å². The predicted octanol–water partition coefficient (Wildman–Crippen LogP) is 2.75. The van der Waals surface area contributed by atoms with Crippen LogP contribution in [0, 0.1) is 0 Å². The lowest BCUT2D eigenvalue weighted by Crippen LogP contribution is -2.40. The van der Waals surface area contributed by atoms with Crippen LogP contribution >= 0.6 is 0 Å². The summed E-state index contributed by atoms with van der Waals surface area (Å²) in [6, 6.07) is 15.2. The van der Waals surface area contributed by atoms with E-state index in [-0.39, 0.29) is 17.9 Å². The van der Waals surface area contributed by atoms with Crippen LogP contribution in [-0.4, -0.2) is 49.1 Å². The normalized spacial score (nSPS) is 19.3. The quantitative estimate of drug-likeness (QED) is 0.837. The number of carbonyl (C=O) groups excluding carboxylic acids is 2. The maximum atomic E-state index is 13.0. The Morgan fingerprint density at radius 3 is 2.23 bits per heavy atom. The monoisotopic (exact) mass is 350 g/mol. The van der Waals surface area contributed by atoms with Gasteiger partial charge in [-0.1, -0.05) is 18.2 Å². The van der Waals surface area contributed by atoms with Gasteiger partial charge < -0.3 is 14.5 Å². The fraction of sp³-hybridized carbons (Fsp3) is 0.333. The molecule has 0 bridgehead atoms. The molecule has 26 heavy (non-hydrogen) atoms. The van der Waals surface area contributed by atoms with E-state index in [4.69, 9.17) is 4.74 Å². The third-order valence-corrected chi connectivity index (χ3v) is 5.10. The lowest BCUT2D eigenvalue weighted by Gasteiger charge is -2.27. The van der Waals surface area contributed by atoms with Crippen molar-refractivity contribution in [2.75, 3.05) is 31.2 Å². The van der Waals surface area contributed by atoms with E-state index in [1.165, 1.54) is 5.56 Å². The zero-order valence-corrected chi connectivity index (χ0v) is 14.9. The number of anilines is 1. The van der Waals surface area contributed by atoms with Gasteiger partial charge in [0.15, 0.2) is 0 Å². The van der Waals surface area contributed by atoms with E-state index in [9.17, 15) is 9.59 Å². The number of fused-ring (bicyclic) bond motifs is 1. The number of morpholine rings is 1. The summed E-state index contributed by atoms with van der Waals surface area (Å²) in [6.45, 7) is 4.44. The third-order valence-electron chi connectivity index (χ3n) is 5.10. The Labute approximate surface area is 153 Å². The van der Waals surface area contributed by atoms with E-state index in [1.54, 1.807) is 29.2 Å². The standard InChI is InChI=1S/C21H22N2O3/c1-15-14-18-4-2-3-5-19(18)23(15)21(25)17-8-6-16(7-9-17)20(24)22-10-12-26-13-11-22/h2-9,15H,10-14H2,1H3. The highest BCUT2D eigenvalue weighted by Gasteiger charge is 2.31. The Balaban J connectivity index is 1.53. The van der Waals surface area contributed by atoms with E-state index < -0.39 is 0 Å². The Bertz CT molecular complexity index is 825. The van der Waals surface area contributed by atoms with Crippen LogP contribution in [0.1, 0.15) is 33.2 Å². The molecular formula is C21H22N2O3. The molecule has 0 aromatic heterocycles. The van der Waals surface area contributed by atoms with Gasteiger partial charge >= 0.3 is 0 Å². The molecule has 2 aliphatic rings. The summed E-state index contributed by atoms with van der Waals surface area (Å²) in [5, 5.41) is 0. The van der Waals surface area contributed by atoms with Gasteiger partial charge in [0.25, 0.3) is 11.8 Å². The summed E-state index contributed by atoms with van der Waals surface area (Å²) in [5.41, 5.74) is 3.40. The molecule has 1 unspecified atom stereocenters. The zero-order valence-electron chi connectivity index (χ0n) is 14.9. The number of ether oxygens (including phenoxy) is 1. The molecule has 2 aliphatic heterocycles. The van der Waals surface area contributed by atoms with Crippen molar-refractivity contribution in [1.29, 1.82) is 0 Å². The minimum atomic E-state index is -0.0205. The number of para-hydroxylation sites is 1. The highest BCUT2D eigenvalue weighted by atomic mass is 16.5. The summed E-state index contributed by atoms with van der Waals surface area (Å²) < 4.78 is 5.29. The van der Waals surface area contributed by atoms with Crippen LogP contribution in [0.15, 0.2) is 48.5 Å². The largest absolute Gasteiger partial charge is 0.378 e. The van der Waals surface area contributed by atoms with Crippen LogP contribution in [0.5, 0.6) is 0 Å². The van der Waals surface area contributed by atoms with Crippen LogP contribution in [0.4, 0.5) is 5.69 Å². The van der Waals surface area contributed by atoms with Crippen LogP contribution < -0.4 is 4.90 Å². The number of hydrogen-bond donors (Lipinski definition) is 0. The van der Waals surface area contributed by atoms with Gasteiger partial charge in [-0.25, -0.2) is 0 Å². The fourth-order valence-electron chi connectivity index (χ4n) is 3.72. The summed E-state index contributed by atoms with van der Waals surface area (Å²) in [6.07, 6.45) is 0.871. The van der Waals surface area contributed by atoms with Crippen molar-refractivity contribution >= 4 is 17.5 Å². The van der Waals surface area contributed by atoms with Gasteiger partial charge in [-0.3, -0.25) is 9.59 Å². The van der Waals surface area contributed by atoms with E-state index in [0.29, 0.717) is 37.4 Å². The molecule has 0 spiro atoms. The second-order valence-corrected chi connectivity index (χ2v) is 6.84. The van der Waals surface area contributed by atoms with Gasteiger partial charge in [-0.2, -0.15) is 0 Å². The molecule has 0 saturated carbocycles. The Morgan fingerprint density at radius 2 is 1.54 bits per heavy atom. The molecule has 2 heterocycles. The molecule has 0 aliphatic carbocycles. The maximum Gasteiger partial charge on any atom is 0.258 e. The van der Waals surface area contributed by atoms with Crippen molar-refractivity contribution in [2.45, 2.75) is 19.4 Å². The van der Waals surface area contributed by atoms with Crippen molar-refractivity contribution in [2.24, 2.45) is 0 Å². The number of carbonyl (C=O) groups is 2. The van der Waals surface area contributed by atoms with E-state index in [2.05, 4.69) is 13.0 Å². The van der Waals surface area contributed by atoms with Crippen LogP contribution in [0.2, 0.25) is 0 Å². The van der Waals surface area contributed by atoms with Gasteiger partial charge in [0.05, 0.1) is 13.2 Å². The second kappa shape index (κ2) is 6.92. The summed E-state index contributed by atoms with van der Waals surface area (Å²) in [7, 11) is 0. The van der Waals surface area contributed by atoms with E-state index >= 15 is 0 Å². The van der Waals surface area contributed by atoms with Crippen LogP contribution in [-0.2, 0) is 11.2 Å². The molecule has 134 valence electrons. The van der Waals surface area contributed by atoms with Crippen LogP contribution in [0.3, 0.4) is 0 Å². The lowest BCUT2D eigenvalue weighted by molar-refractivity contribution is 0.0303. The average molecular weight is 350 g/mol. The molecule has 1 fully saturated rings. The molecular weight excluding hydrogens is 328 g/mol. The SMILES string of the molecule is CC1Cc2ccccc2N1C(=O)c1ccc(C(=O)N2CCOCC2)cc1. The predicted molar refractivity (Wildman–Crippen MR) is 99.6 cm³/mol. The Kier molecular flexibility index (Phi) is 4.47. The first-order valence-corrected chi connectivity index (χ1v) is 9.03. The zero-order chi connectivity index (χ0) is 18.1. The fourth-order valence-corrected chi connectivity index (χ4v) is 3.72. The van der Waals surface area contributed by atoms with Crippen molar-refractivity contribution in [1.82, 2.24) is 4.90 Å². The van der Waals surface area contributed by atoms with Gasteiger partial charge in [0.2, 0.25) is 0 Å². The van der Waals surface area contributed by atoms with Crippen LogP contribution in [0.25, 0.3) is 0 Å². The molecule has 4 rings (SSSR count).